The maximum Gasteiger partial charge on any atom is 0.0991 e. The standard InChI is InChI=1S/C7H5N.ClH.Pt/c8-6-7-4-2-1-3-5-7;;/h1-5H;1H;. The molecule has 0 radical (unpaired) electrons. The third-order valence-electron chi connectivity index (χ3n) is 0.903. The average molecular weight is 335 g/mol. The van der Waals surface area contributed by atoms with E-state index in [1.165, 1.54) is 0 Å². The van der Waals surface area contributed by atoms with Crippen molar-refractivity contribution in [2.75, 3.05) is 0 Å². The third-order valence-corrected chi connectivity index (χ3v) is 0.903. The van der Waals surface area contributed by atoms with Crippen molar-refractivity contribution in [3.05, 3.63) is 35.9 Å². The zero-order valence-corrected chi connectivity index (χ0v) is 8.15. The Morgan fingerprint density at radius 1 is 1.10 bits per heavy atom. The van der Waals surface area contributed by atoms with E-state index in [4.69, 9.17) is 5.26 Å². The molecule has 0 fully saturated rings. The summed E-state index contributed by atoms with van der Waals surface area (Å²) in [4.78, 5) is 0. The molecule has 0 bridgehead atoms. The molecule has 0 unspecified atom stereocenters. The summed E-state index contributed by atoms with van der Waals surface area (Å²) in [6.07, 6.45) is 0. The Morgan fingerprint density at radius 2 is 1.60 bits per heavy atom. The number of halogens is 1. The Labute approximate surface area is 80.7 Å². The van der Waals surface area contributed by atoms with E-state index in [1.807, 2.05) is 24.3 Å². The molecule has 0 atom stereocenters. The van der Waals surface area contributed by atoms with Gasteiger partial charge < -0.3 is 0 Å². The van der Waals surface area contributed by atoms with Gasteiger partial charge in [-0.3, -0.25) is 0 Å². The molecular formula is C7H6ClNPt. The molecular weight excluding hydrogens is 329 g/mol. The molecule has 0 saturated heterocycles. The first-order valence-electron chi connectivity index (χ1n) is 2.38. The van der Waals surface area contributed by atoms with Crippen molar-refractivity contribution < 1.29 is 21.1 Å². The summed E-state index contributed by atoms with van der Waals surface area (Å²) in [5.41, 5.74) is 0.715. The summed E-state index contributed by atoms with van der Waals surface area (Å²) in [6, 6.07) is 11.2. The molecule has 10 heavy (non-hydrogen) atoms. The van der Waals surface area contributed by atoms with E-state index in [-0.39, 0.29) is 33.5 Å². The van der Waals surface area contributed by atoms with E-state index in [2.05, 4.69) is 0 Å². The smallest absolute Gasteiger partial charge is 0.0991 e. The zero-order valence-electron chi connectivity index (χ0n) is 5.06. The molecule has 1 aromatic rings. The number of nitriles is 1. The fourth-order valence-electron chi connectivity index (χ4n) is 0.513. The van der Waals surface area contributed by atoms with Crippen LogP contribution in [0.25, 0.3) is 0 Å². The van der Waals surface area contributed by atoms with Gasteiger partial charge in [-0.2, -0.15) is 5.26 Å². The Balaban J connectivity index is 0. The fraction of sp³-hybridized carbons (Fsp3) is 0. The minimum absolute atomic E-state index is 0. The van der Waals surface area contributed by atoms with Crippen LogP contribution < -0.4 is 0 Å². The summed E-state index contributed by atoms with van der Waals surface area (Å²) in [5, 5.41) is 8.29. The van der Waals surface area contributed by atoms with Gasteiger partial charge in [0, 0.05) is 21.1 Å². The van der Waals surface area contributed by atoms with E-state index >= 15 is 0 Å². The maximum atomic E-state index is 8.29. The number of hydrogen-bond acceptors (Lipinski definition) is 1. The summed E-state index contributed by atoms with van der Waals surface area (Å²) < 4.78 is 0. The Hall–Kier alpha value is -0.312. The van der Waals surface area contributed by atoms with Crippen molar-refractivity contribution in [2.45, 2.75) is 0 Å². The van der Waals surface area contributed by atoms with Crippen LogP contribution in [0.4, 0.5) is 0 Å². The van der Waals surface area contributed by atoms with Crippen molar-refractivity contribution in [1.82, 2.24) is 0 Å². The van der Waals surface area contributed by atoms with E-state index in [9.17, 15) is 0 Å². The second-order valence-corrected chi connectivity index (χ2v) is 1.48. The van der Waals surface area contributed by atoms with Crippen LogP contribution in [0.3, 0.4) is 0 Å². The molecule has 0 heterocycles. The van der Waals surface area contributed by atoms with Crippen LogP contribution in [0.5, 0.6) is 0 Å². The zero-order chi connectivity index (χ0) is 5.82. The number of hydrogen-bond donors (Lipinski definition) is 0. The first kappa shape index (κ1) is 12.4. The topological polar surface area (TPSA) is 23.8 Å². The van der Waals surface area contributed by atoms with Gasteiger partial charge in [0.05, 0.1) is 11.6 Å². The molecule has 56 valence electrons. The minimum atomic E-state index is 0. The van der Waals surface area contributed by atoms with Gasteiger partial charge in [-0.1, -0.05) is 18.2 Å². The van der Waals surface area contributed by atoms with Crippen LogP contribution in [-0.2, 0) is 21.1 Å². The molecule has 1 nitrogen and oxygen atoms in total. The minimum Gasteiger partial charge on any atom is -0.192 e. The van der Waals surface area contributed by atoms with Crippen LogP contribution in [-0.4, -0.2) is 0 Å². The quantitative estimate of drug-likeness (QED) is 0.712. The van der Waals surface area contributed by atoms with Gasteiger partial charge in [-0.25, -0.2) is 0 Å². The average Bonchev–Trinajstić information content (AvgIpc) is 1.90. The van der Waals surface area contributed by atoms with E-state index in [0.717, 1.165) is 0 Å². The molecule has 0 spiro atoms. The fourth-order valence-corrected chi connectivity index (χ4v) is 0.513. The van der Waals surface area contributed by atoms with Gasteiger partial charge >= 0.3 is 0 Å². The summed E-state index contributed by atoms with van der Waals surface area (Å²) >= 11 is 0. The van der Waals surface area contributed by atoms with Crippen molar-refractivity contribution in [2.24, 2.45) is 0 Å². The van der Waals surface area contributed by atoms with Crippen molar-refractivity contribution in [1.29, 1.82) is 5.26 Å². The summed E-state index contributed by atoms with van der Waals surface area (Å²) in [5.74, 6) is 0. The van der Waals surface area contributed by atoms with Gasteiger partial charge in [0.15, 0.2) is 0 Å². The Bertz CT molecular complexity index is 205. The molecule has 0 aromatic heterocycles. The summed E-state index contributed by atoms with van der Waals surface area (Å²) in [7, 11) is 0. The maximum absolute atomic E-state index is 8.29. The predicted molar refractivity (Wildman–Crippen MR) is 38.4 cm³/mol. The van der Waals surface area contributed by atoms with Crippen LogP contribution in [0.2, 0.25) is 0 Å². The predicted octanol–water partition coefficient (Wildman–Crippen LogP) is 1.98. The van der Waals surface area contributed by atoms with Gasteiger partial charge in [0.2, 0.25) is 0 Å². The molecule has 3 heteroatoms. The van der Waals surface area contributed by atoms with Crippen LogP contribution >= 0.6 is 12.4 Å². The second kappa shape index (κ2) is 6.80. The van der Waals surface area contributed by atoms with Gasteiger partial charge in [-0.15, -0.1) is 12.4 Å². The van der Waals surface area contributed by atoms with Gasteiger partial charge in [-0.05, 0) is 12.1 Å². The van der Waals surface area contributed by atoms with Crippen molar-refractivity contribution in [3.63, 3.8) is 0 Å². The van der Waals surface area contributed by atoms with E-state index in [1.54, 1.807) is 12.1 Å². The normalized spacial score (nSPS) is 6.30. The molecule has 0 saturated carbocycles. The Kier molecular flexibility index (Phi) is 8.42. The van der Waals surface area contributed by atoms with E-state index < -0.39 is 0 Å². The van der Waals surface area contributed by atoms with E-state index in [0.29, 0.717) is 5.56 Å². The van der Waals surface area contributed by atoms with Gasteiger partial charge in [0.1, 0.15) is 0 Å². The first-order chi connectivity index (χ1) is 3.93. The van der Waals surface area contributed by atoms with Crippen LogP contribution in [0.1, 0.15) is 5.56 Å². The van der Waals surface area contributed by atoms with Crippen LogP contribution in [0.15, 0.2) is 30.3 Å². The van der Waals surface area contributed by atoms with Crippen molar-refractivity contribution >= 4 is 12.4 Å². The third kappa shape index (κ3) is 3.66. The molecule has 0 N–H and O–H groups in total. The molecule has 0 amide bonds. The molecule has 0 aliphatic rings. The Morgan fingerprint density at radius 3 is 1.90 bits per heavy atom. The molecule has 0 aliphatic heterocycles. The first-order valence-corrected chi connectivity index (χ1v) is 2.38. The molecule has 1 aromatic carbocycles. The van der Waals surface area contributed by atoms with Crippen molar-refractivity contribution in [3.8, 4) is 6.07 Å². The molecule has 1 rings (SSSR count). The second-order valence-electron chi connectivity index (χ2n) is 1.48. The van der Waals surface area contributed by atoms with Gasteiger partial charge in [0.25, 0.3) is 0 Å². The number of benzene rings is 1. The largest absolute Gasteiger partial charge is 0.192 e. The monoisotopic (exact) mass is 334 g/mol. The number of rotatable bonds is 0. The van der Waals surface area contributed by atoms with Crippen LogP contribution in [0, 0.1) is 11.3 Å². The SMILES string of the molecule is Cl.N#Cc1ccccc1.[Pt]. The number of nitrogens with zero attached hydrogens (tertiary/aromatic N) is 1. The summed E-state index contributed by atoms with van der Waals surface area (Å²) in [6.45, 7) is 0. The molecule has 0 aliphatic carbocycles.